The Morgan fingerprint density at radius 1 is 0.456 bits per heavy atom. The van der Waals surface area contributed by atoms with Gasteiger partial charge in [-0.1, -0.05) is 283 Å². The molecule has 0 fully saturated rings. The molecule has 0 rings (SSSR count). The van der Waals surface area contributed by atoms with Gasteiger partial charge in [0.15, 0.2) is 0 Å². The van der Waals surface area contributed by atoms with E-state index in [1.54, 1.807) is 6.08 Å². The molecular weight excluding hydrogens is 996 g/mol. The highest BCUT2D eigenvalue weighted by Gasteiger charge is 2.23. The van der Waals surface area contributed by atoms with Crippen LogP contribution in [0.5, 0.6) is 0 Å². The fraction of sp³-hybridized carbons (Fsp3) is 0.700. The Labute approximate surface area is 488 Å². The summed E-state index contributed by atoms with van der Waals surface area (Å²) in [6.45, 7) is 4.51. The number of hydrogen-bond acceptors (Lipinski definition) is 6. The number of aliphatic hydroxyl groups is 1. The first-order valence-corrected chi connectivity index (χ1v) is 33.9. The zero-order chi connectivity index (χ0) is 57.7. The van der Waals surface area contributed by atoms with E-state index in [-0.39, 0.29) is 12.5 Å². The largest absolute Gasteiger partial charge is 0.756 e. The molecule has 0 bridgehead atoms. The predicted molar refractivity (Wildman–Crippen MR) is 343 cm³/mol. The van der Waals surface area contributed by atoms with Crippen LogP contribution in [0.25, 0.3) is 0 Å². The number of unbranched alkanes of at least 4 members (excludes halogenated alkanes) is 27. The van der Waals surface area contributed by atoms with Crippen molar-refractivity contribution in [2.45, 2.75) is 276 Å². The van der Waals surface area contributed by atoms with Crippen LogP contribution in [-0.2, 0) is 18.4 Å². The average molecular weight is 1120 g/mol. The second-order valence-corrected chi connectivity index (χ2v) is 24.1. The van der Waals surface area contributed by atoms with Gasteiger partial charge in [0.25, 0.3) is 7.82 Å². The molecule has 3 unspecified atom stereocenters. The normalized spacial score (nSPS) is 14.6. The van der Waals surface area contributed by atoms with Gasteiger partial charge in [0, 0.05) is 6.42 Å². The summed E-state index contributed by atoms with van der Waals surface area (Å²) < 4.78 is 23.3. The van der Waals surface area contributed by atoms with E-state index in [9.17, 15) is 19.4 Å². The zero-order valence-electron chi connectivity index (χ0n) is 51.8. The van der Waals surface area contributed by atoms with E-state index in [2.05, 4.69) is 129 Å². The quantitative estimate of drug-likeness (QED) is 0.0272. The van der Waals surface area contributed by atoms with Crippen LogP contribution in [0.1, 0.15) is 264 Å². The first-order chi connectivity index (χ1) is 38.5. The van der Waals surface area contributed by atoms with Crippen molar-refractivity contribution < 1.29 is 32.9 Å². The number of phosphoric acid groups is 1. The predicted octanol–water partition coefficient (Wildman–Crippen LogP) is 19.9. The minimum Gasteiger partial charge on any atom is -0.756 e. The summed E-state index contributed by atoms with van der Waals surface area (Å²) in [5, 5.41) is 13.9. The molecule has 3 atom stereocenters. The van der Waals surface area contributed by atoms with Gasteiger partial charge in [-0.2, -0.15) is 0 Å². The third-order valence-corrected chi connectivity index (χ3v) is 14.9. The summed E-state index contributed by atoms with van der Waals surface area (Å²) in [4.78, 5) is 25.5. The number of allylic oxidation sites excluding steroid dienone is 19. The molecule has 0 aliphatic carbocycles. The molecule has 0 spiro atoms. The van der Waals surface area contributed by atoms with Crippen LogP contribution in [0.2, 0.25) is 0 Å². The summed E-state index contributed by atoms with van der Waals surface area (Å²) in [6.07, 6.45) is 88.8. The van der Waals surface area contributed by atoms with E-state index in [4.69, 9.17) is 9.05 Å². The number of carbonyl (C=O) groups excluding carboxylic acids is 1. The van der Waals surface area contributed by atoms with Gasteiger partial charge < -0.3 is 28.8 Å². The van der Waals surface area contributed by atoms with Crippen molar-refractivity contribution in [2.75, 3.05) is 40.9 Å². The molecule has 1 amide bonds. The van der Waals surface area contributed by atoms with E-state index in [0.717, 1.165) is 89.9 Å². The number of amides is 1. The molecule has 79 heavy (non-hydrogen) atoms. The van der Waals surface area contributed by atoms with E-state index in [0.29, 0.717) is 17.4 Å². The zero-order valence-corrected chi connectivity index (χ0v) is 52.7. The van der Waals surface area contributed by atoms with Crippen LogP contribution in [0.3, 0.4) is 0 Å². The fourth-order valence-electron chi connectivity index (χ4n) is 8.89. The monoisotopic (exact) mass is 1120 g/mol. The maximum atomic E-state index is 13.0. The number of nitrogens with one attached hydrogen (secondary N) is 1. The molecule has 0 aromatic rings. The molecule has 0 saturated carbocycles. The van der Waals surface area contributed by atoms with Crippen LogP contribution in [-0.4, -0.2) is 68.5 Å². The Morgan fingerprint density at radius 2 is 0.785 bits per heavy atom. The molecule has 0 radical (unpaired) electrons. The Kier molecular flexibility index (Phi) is 57.2. The fourth-order valence-corrected chi connectivity index (χ4v) is 9.61. The van der Waals surface area contributed by atoms with Crippen molar-refractivity contribution >= 4 is 13.7 Å². The molecule has 0 heterocycles. The number of hydrogen-bond donors (Lipinski definition) is 2. The van der Waals surface area contributed by atoms with Gasteiger partial charge >= 0.3 is 0 Å². The smallest absolute Gasteiger partial charge is 0.268 e. The number of likely N-dealkylation sites (N-methyl/N-ethyl adjacent to an activating group) is 1. The number of carbonyl (C=O) groups is 1. The Hall–Kier alpha value is -3.10. The Morgan fingerprint density at radius 3 is 1.18 bits per heavy atom. The van der Waals surface area contributed by atoms with Crippen molar-refractivity contribution in [2.24, 2.45) is 0 Å². The molecule has 9 heteroatoms. The van der Waals surface area contributed by atoms with Crippen molar-refractivity contribution in [1.82, 2.24) is 5.32 Å². The first-order valence-electron chi connectivity index (χ1n) is 32.4. The van der Waals surface area contributed by atoms with Crippen LogP contribution >= 0.6 is 7.82 Å². The molecule has 0 aromatic carbocycles. The first kappa shape index (κ1) is 75.9. The Balaban J connectivity index is 4.03. The van der Waals surface area contributed by atoms with Gasteiger partial charge in [-0.25, -0.2) is 0 Å². The molecule has 0 aliphatic heterocycles. The van der Waals surface area contributed by atoms with Crippen molar-refractivity contribution in [1.29, 1.82) is 0 Å². The highest BCUT2D eigenvalue weighted by atomic mass is 31.2. The lowest BCUT2D eigenvalue weighted by Gasteiger charge is -2.29. The summed E-state index contributed by atoms with van der Waals surface area (Å²) in [6, 6.07) is -0.909. The maximum absolute atomic E-state index is 13.0. The number of aliphatic hydroxyl groups excluding tert-OH is 1. The molecule has 2 N–H and O–H groups in total. The summed E-state index contributed by atoms with van der Waals surface area (Å²) in [7, 11) is 1.24. The van der Waals surface area contributed by atoms with Gasteiger partial charge in [0.1, 0.15) is 13.2 Å². The molecule has 0 aromatic heterocycles. The van der Waals surface area contributed by atoms with Crippen LogP contribution in [0.15, 0.2) is 122 Å². The van der Waals surface area contributed by atoms with Gasteiger partial charge in [-0.3, -0.25) is 9.36 Å². The molecule has 454 valence electrons. The van der Waals surface area contributed by atoms with Crippen LogP contribution in [0.4, 0.5) is 0 Å². The lowest BCUT2D eigenvalue weighted by Crippen LogP contribution is -2.45. The molecule has 8 nitrogen and oxygen atoms in total. The topological polar surface area (TPSA) is 108 Å². The van der Waals surface area contributed by atoms with Crippen LogP contribution in [0, 0.1) is 0 Å². The lowest BCUT2D eigenvalue weighted by molar-refractivity contribution is -0.870. The lowest BCUT2D eigenvalue weighted by atomic mass is 10.0. The SMILES string of the molecule is CC/C=C\C/C=C\C/C=C\C/C=C\C/C=C\C/C=C\C/C=C\C/C=C\CCCCCCCCCCCCCCCCCCC(=O)NC(COP(=O)([O-])OCC[N+](C)(C)C)C(O)/C=C/CC/C=C/CCCCCCCCCCCC. The average Bonchev–Trinajstić information content (AvgIpc) is 3.42. The van der Waals surface area contributed by atoms with Crippen molar-refractivity contribution in [3.63, 3.8) is 0 Å². The van der Waals surface area contributed by atoms with E-state index < -0.39 is 26.6 Å². The highest BCUT2D eigenvalue weighted by molar-refractivity contribution is 7.45. The molecular formula is C70H123N2O6P. The Bertz CT molecular complexity index is 1700. The van der Waals surface area contributed by atoms with E-state index >= 15 is 0 Å². The standard InChI is InChI=1S/C70H123N2O6P/c1-6-8-10-12-14-16-18-20-22-24-25-26-27-28-29-30-31-32-33-34-35-36-37-38-39-40-41-42-43-44-45-46-47-48-50-52-54-56-58-60-62-64-70(74)71-68(67-78-79(75,76)77-66-65-72(3,4)5)69(73)63-61-59-57-55-53-51-49-23-21-19-17-15-13-11-9-7-2/h8,10,14,16,20,22,25-26,28-29,31-32,34-35,37-38,53,55,61,63,68-69,73H,6-7,9,11-13,15,17-19,21,23-24,27,30,33,36,39-52,54,56-60,62,64-67H2,1-5H3,(H-,71,74,75,76)/b10-8-,16-14-,22-20-,26-25-,29-28-,32-31-,35-34-,38-37-,55-53+,63-61+. The number of quaternary nitrogens is 1. The van der Waals surface area contributed by atoms with E-state index in [1.165, 1.54) is 154 Å². The van der Waals surface area contributed by atoms with Gasteiger partial charge in [-0.05, 0) is 96.3 Å². The maximum Gasteiger partial charge on any atom is 0.268 e. The summed E-state index contributed by atoms with van der Waals surface area (Å²) in [5.41, 5.74) is 0. The molecule has 0 aliphatic rings. The number of phosphoric ester groups is 1. The van der Waals surface area contributed by atoms with Crippen molar-refractivity contribution in [3.05, 3.63) is 122 Å². The number of nitrogens with zero attached hydrogens (tertiary/aromatic N) is 1. The minimum absolute atomic E-state index is 0.00984. The summed E-state index contributed by atoms with van der Waals surface area (Å²) in [5.74, 6) is -0.209. The van der Waals surface area contributed by atoms with Gasteiger partial charge in [0.05, 0.1) is 39.9 Å². The van der Waals surface area contributed by atoms with E-state index in [1.807, 2.05) is 27.2 Å². The van der Waals surface area contributed by atoms with Gasteiger partial charge in [0.2, 0.25) is 5.91 Å². The minimum atomic E-state index is -4.61. The third-order valence-electron chi connectivity index (χ3n) is 13.9. The summed E-state index contributed by atoms with van der Waals surface area (Å²) >= 11 is 0. The molecule has 0 saturated heterocycles. The second kappa shape index (κ2) is 59.5. The van der Waals surface area contributed by atoms with Crippen LogP contribution < -0.4 is 10.2 Å². The highest BCUT2D eigenvalue weighted by Crippen LogP contribution is 2.38. The second-order valence-electron chi connectivity index (χ2n) is 22.7. The van der Waals surface area contributed by atoms with Crippen molar-refractivity contribution in [3.8, 4) is 0 Å². The van der Waals surface area contributed by atoms with Gasteiger partial charge in [-0.15, -0.1) is 0 Å². The number of rotatable bonds is 58. The third kappa shape index (κ3) is 62.4.